The van der Waals surface area contributed by atoms with Crippen molar-refractivity contribution in [3.8, 4) is 22.6 Å². The number of hydrogen-bond donors (Lipinski definition) is 2. The summed E-state index contributed by atoms with van der Waals surface area (Å²) in [5, 5.41) is 18.8. The highest BCUT2D eigenvalue weighted by molar-refractivity contribution is 5.86. The van der Waals surface area contributed by atoms with E-state index >= 15 is 8.78 Å². The zero-order chi connectivity index (χ0) is 29.4. The number of amides is 1. The second-order valence-corrected chi connectivity index (χ2v) is 10.8. The van der Waals surface area contributed by atoms with E-state index in [1.54, 1.807) is 23.0 Å². The van der Waals surface area contributed by atoms with E-state index in [2.05, 4.69) is 10.4 Å². The van der Waals surface area contributed by atoms with E-state index in [1.165, 1.54) is 18.2 Å². The standard InChI is InChI=1S/C31H31F3N4O4/c1-37-26-15-20(4-5-21(26)17-35-37)19-6-8-23(9-7-19)31(33,34)30(40)36-25(18-38-10-2-3-11-38)28(39)22-14-24(32)29-27(16-22)41-12-13-42-29/h4-9,14-17,25,28,39H,2-3,10-13,18H2,1H3,(H,36,40). The van der Waals surface area contributed by atoms with Gasteiger partial charge in [0.25, 0.3) is 5.91 Å². The fourth-order valence-corrected chi connectivity index (χ4v) is 5.59. The molecule has 1 aromatic heterocycles. The van der Waals surface area contributed by atoms with E-state index in [1.807, 2.05) is 30.1 Å². The third-order valence-electron chi connectivity index (χ3n) is 7.93. The minimum atomic E-state index is -3.88. The maximum atomic E-state index is 15.5. The number of alkyl halides is 2. The van der Waals surface area contributed by atoms with Crippen LogP contribution in [0, 0.1) is 5.82 Å². The molecule has 4 aromatic rings. The van der Waals surface area contributed by atoms with Crippen LogP contribution in [-0.2, 0) is 17.8 Å². The first kappa shape index (κ1) is 28.0. The molecule has 8 nitrogen and oxygen atoms in total. The largest absolute Gasteiger partial charge is 0.486 e. The number of aryl methyl sites for hydroxylation is 1. The van der Waals surface area contributed by atoms with Crippen molar-refractivity contribution >= 4 is 16.8 Å². The van der Waals surface area contributed by atoms with Gasteiger partial charge in [-0.25, -0.2) is 4.39 Å². The Bertz CT molecular complexity index is 1600. The van der Waals surface area contributed by atoms with Gasteiger partial charge in [-0.15, -0.1) is 0 Å². The molecule has 6 rings (SSSR count). The molecule has 11 heteroatoms. The summed E-state index contributed by atoms with van der Waals surface area (Å²) < 4.78 is 58.3. The number of aliphatic hydroxyl groups excluding tert-OH is 1. The number of likely N-dealkylation sites (tertiary alicyclic amines) is 1. The summed E-state index contributed by atoms with van der Waals surface area (Å²) in [4.78, 5) is 15.1. The van der Waals surface area contributed by atoms with E-state index in [9.17, 15) is 14.3 Å². The normalized spacial score (nSPS) is 16.9. The summed E-state index contributed by atoms with van der Waals surface area (Å²) in [5.74, 6) is -6.11. The number of aromatic nitrogens is 2. The Morgan fingerprint density at radius 1 is 1.05 bits per heavy atom. The van der Waals surface area contributed by atoms with Crippen molar-refractivity contribution in [3.05, 3.63) is 77.7 Å². The Hall–Kier alpha value is -4.09. The average Bonchev–Trinajstić information content (AvgIpc) is 3.65. The number of carbonyl (C=O) groups is 1. The maximum absolute atomic E-state index is 15.5. The number of rotatable bonds is 8. The molecular weight excluding hydrogens is 549 g/mol. The second-order valence-electron chi connectivity index (χ2n) is 10.8. The smallest absolute Gasteiger partial charge is 0.349 e. The zero-order valence-corrected chi connectivity index (χ0v) is 23.0. The SMILES string of the molecule is Cn1ncc2ccc(-c3ccc(C(F)(F)C(=O)NC(CN4CCCC4)C(O)c4cc(F)c5c(c4)OCCO5)cc3)cc21. The van der Waals surface area contributed by atoms with E-state index in [4.69, 9.17) is 9.47 Å². The summed E-state index contributed by atoms with van der Waals surface area (Å²) in [6, 6.07) is 12.6. The van der Waals surface area contributed by atoms with Crippen molar-refractivity contribution < 1.29 is 32.5 Å². The monoisotopic (exact) mass is 580 g/mol. The van der Waals surface area contributed by atoms with Crippen LogP contribution >= 0.6 is 0 Å². The van der Waals surface area contributed by atoms with Gasteiger partial charge >= 0.3 is 5.92 Å². The van der Waals surface area contributed by atoms with E-state index in [-0.39, 0.29) is 36.8 Å². The molecular formula is C31H31F3N4O4. The highest BCUT2D eigenvalue weighted by Crippen LogP contribution is 2.37. The molecule has 0 aliphatic carbocycles. The number of benzene rings is 3. The molecule has 0 bridgehead atoms. The zero-order valence-electron chi connectivity index (χ0n) is 23.0. The van der Waals surface area contributed by atoms with Crippen LogP contribution in [-0.4, -0.2) is 64.6 Å². The first-order valence-electron chi connectivity index (χ1n) is 13.9. The number of nitrogens with zero attached hydrogens (tertiary/aromatic N) is 3. The lowest BCUT2D eigenvalue weighted by Crippen LogP contribution is -2.51. The number of hydrogen-bond acceptors (Lipinski definition) is 6. The van der Waals surface area contributed by atoms with E-state index in [0.717, 1.165) is 35.4 Å². The third kappa shape index (κ3) is 5.41. The van der Waals surface area contributed by atoms with Gasteiger partial charge in [-0.3, -0.25) is 9.48 Å². The Balaban J connectivity index is 1.23. The Morgan fingerprint density at radius 3 is 2.52 bits per heavy atom. The lowest BCUT2D eigenvalue weighted by molar-refractivity contribution is -0.149. The van der Waals surface area contributed by atoms with Crippen molar-refractivity contribution in [1.82, 2.24) is 20.0 Å². The van der Waals surface area contributed by atoms with Crippen molar-refractivity contribution in [2.45, 2.75) is 30.9 Å². The molecule has 2 atom stereocenters. The number of carbonyl (C=O) groups excluding carboxylic acids is 1. The number of nitrogens with one attached hydrogen (secondary N) is 1. The summed E-state index contributed by atoms with van der Waals surface area (Å²) >= 11 is 0. The van der Waals surface area contributed by atoms with Crippen LogP contribution in [0.1, 0.15) is 30.1 Å². The molecule has 3 heterocycles. The number of fused-ring (bicyclic) bond motifs is 2. The van der Waals surface area contributed by atoms with Gasteiger partial charge in [0.2, 0.25) is 0 Å². The Morgan fingerprint density at radius 2 is 1.76 bits per heavy atom. The van der Waals surface area contributed by atoms with Crippen molar-refractivity contribution in [3.63, 3.8) is 0 Å². The Labute approximate surface area is 240 Å². The molecule has 220 valence electrons. The van der Waals surface area contributed by atoms with Crippen LogP contribution in [0.25, 0.3) is 22.0 Å². The van der Waals surface area contributed by atoms with Gasteiger partial charge in [-0.1, -0.05) is 36.4 Å². The van der Waals surface area contributed by atoms with Gasteiger partial charge in [0, 0.05) is 24.5 Å². The lowest BCUT2D eigenvalue weighted by Gasteiger charge is -2.30. The molecule has 2 aliphatic heterocycles. The van der Waals surface area contributed by atoms with Crippen molar-refractivity contribution in [1.29, 1.82) is 0 Å². The number of aliphatic hydroxyl groups is 1. The second kappa shape index (κ2) is 11.3. The molecule has 0 saturated carbocycles. The summed E-state index contributed by atoms with van der Waals surface area (Å²) in [6.45, 7) is 1.93. The van der Waals surface area contributed by atoms with Crippen LogP contribution in [0.5, 0.6) is 11.5 Å². The van der Waals surface area contributed by atoms with Gasteiger partial charge in [0.05, 0.1) is 17.8 Å². The predicted octanol–water partition coefficient (Wildman–Crippen LogP) is 4.56. The molecule has 1 saturated heterocycles. The van der Waals surface area contributed by atoms with Gasteiger partial charge in [0.1, 0.15) is 19.3 Å². The minimum absolute atomic E-state index is 0.0625. The molecule has 42 heavy (non-hydrogen) atoms. The Kier molecular flexibility index (Phi) is 7.54. The van der Waals surface area contributed by atoms with Crippen molar-refractivity contribution in [2.24, 2.45) is 7.05 Å². The molecule has 0 radical (unpaired) electrons. The molecule has 0 spiro atoms. The first-order chi connectivity index (χ1) is 20.2. The van der Waals surface area contributed by atoms with E-state index in [0.29, 0.717) is 18.7 Å². The lowest BCUT2D eigenvalue weighted by atomic mass is 9.98. The highest BCUT2D eigenvalue weighted by Gasteiger charge is 2.43. The molecule has 3 aromatic carbocycles. The molecule has 1 fully saturated rings. The van der Waals surface area contributed by atoms with Gasteiger partial charge < -0.3 is 24.8 Å². The van der Waals surface area contributed by atoms with Gasteiger partial charge in [-0.2, -0.15) is 13.9 Å². The summed E-state index contributed by atoms with van der Waals surface area (Å²) in [6.07, 6.45) is 2.12. The highest BCUT2D eigenvalue weighted by atomic mass is 19.3. The topological polar surface area (TPSA) is 88.9 Å². The fraction of sp³-hybridized carbons (Fsp3) is 0.355. The van der Waals surface area contributed by atoms with Crippen LogP contribution in [0.4, 0.5) is 13.2 Å². The number of halogens is 3. The number of ether oxygens (including phenoxy) is 2. The van der Waals surface area contributed by atoms with Crippen LogP contribution in [0.3, 0.4) is 0 Å². The predicted molar refractivity (Wildman–Crippen MR) is 150 cm³/mol. The first-order valence-corrected chi connectivity index (χ1v) is 13.9. The van der Waals surface area contributed by atoms with Gasteiger partial charge in [0.15, 0.2) is 17.3 Å². The summed E-state index contributed by atoms with van der Waals surface area (Å²) in [7, 11) is 1.83. The van der Waals surface area contributed by atoms with Crippen LogP contribution < -0.4 is 14.8 Å². The molecule has 2 unspecified atom stereocenters. The van der Waals surface area contributed by atoms with E-state index < -0.39 is 35.4 Å². The molecule has 1 amide bonds. The quantitative estimate of drug-likeness (QED) is 0.318. The molecule has 2 N–H and O–H groups in total. The van der Waals surface area contributed by atoms with Crippen LogP contribution in [0.2, 0.25) is 0 Å². The van der Waals surface area contributed by atoms with Gasteiger partial charge in [-0.05, 0) is 60.8 Å². The third-order valence-corrected chi connectivity index (χ3v) is 7.93. The summed E-state index contributed by atoms with van der Waals surface area (Å²) in [5.41, 5.74) is 2.05. The van der Waals surface area contributed by atoms with Crippen LogP contribution in [0.15, 0.2) is 60.8 Å². The molecule has 2 aliphatic rings. The minimum Gasteiger partial charge on any atom is -0.486 e. The maximum Gasteiger partial charge on any atom is 0.349 e. The average molecular weight is 581 g/mol. The fourth-order valence-electron chi connectivity index (χ4n) is 5.59. The van der Waals surface area contributed by atoms with Crippen molar-refractivity contribution in [2.75, 3.05) is 32.8 Å².